The van der Waals surface area contributed by atoms with E-state index >= 15 is 0 Å². The van der Waals surface area contributed by atoms with E-state index in [0.717, 1.165) is 0 Å². The van der Waals surface area contributed by atoms with Crippen LogP contribution in [-0.2, 0) is 6.18 Å². The molecular formula is C21H25F3N2O3. The van der Waals surface area contributed by atoms with E-state index in [0.29, 0.717) is 19.8 Å². The topological polar surface area (TPSA) is 50.8 Å². The lowest BCUT2D eigenvalue weighted by Gasteiger charge is -2.19. The SMILES string of the molecule is CCOc1cccc(OCCN(C)C)c1C(=O)Nc1cccc(C)c1C(F)(F)F. The maximum Gasteiger partial charge on any atom is 0.418 e. The number of nitrogens with zero attached hydrogens (tertiary/aromatic N) is 1. The highest BCUT2D eigenvalue weighted by Crippen LogP contribution is 2.38. The quantitative estimate of drug-likeness (QED) is 0.691. The minimum absolute atomic E-state index is 0.0239. The van der Waals surface area contributed by atoms with Crippen LogP contribution in [0.5, 0.6) is 11.5 Å². The minimum Gasteiger partial charge on any atom is -0.493 e. The first-order chi connectivity index (χ1) is 13.6. The van der Waals surface area contributed by atoms with Gasteiger partial charge in [0.15, 0.2) is 0 Å². The lowest BCUT2D eigenvalue weighted by molar-refractivity contribution is -0.137. The summed E-state index contributed by atoms with van der Waals surface area (Å²) in [6.45, 7) is 4.31. The predicted molar refractivity (Wildman–Crippen MR) is 106 cm³/mol. The molecule has 0 saturated carbocycles. The second-order valence-corrected chi connectivity index (χ2v) is 6.66. The van der Waals surface area contributed by atoms with Crippen LogP contribution in [0.4, 0.5) is 18.9 Å². The Hall–Kier alpha value is -2.74. The van der Waals surface area contributed by atoms with Gasteiger partial charge in [0.05, 0.1) is 17.9 Å². The summed E-state index contributed by atoms with van der Waals surface area (Å²) >= 11 is 0. The van der Waals surface area contributed by atoms with Crippen LogP contribution >= 0.6 is 0 Å². The summed E-state index contributed by atoms with van der Waals surface area (Å²) in [6, 6.07) is 8.88. The van der Waals surface area contributed by atoms with Gasteiger partial charge in [0, 0.05) is 6.54 Å². The normalized spacial score (nSPS) is 11.4. The van der Waals surface area contributed by atoms with E-state index in [4.69, 9.17) is 9.47 Å². The third kappa shape index (κ3) is 5.87. The zero-order chi connectivity index (χ0) is 21.6. The number of anilines is 1. The Morgan fingerprint density at radius 1 is 1.07 bits per heavy atom. The van der Waals surface area contributed by atoms with Gasteiger partial charge >= 0.3 is 6.18 Å². The number of ether oxygens (including phenoxy) is 2. The van der Waals surface area contributed by atoms with Crippen molar-refractivity contribution in [3.05, 3.63) is 53.1 Å². The van der Waals surface area contributed by atoms with Crippen molar-refractivity contribution < 1.29 is 27.4 Å². The van der Waals surface area contributed by atoms with Crippen LogP contribution < -0.4 is 14.8 Å². The highest BCUT2D eigenvalue weighted by atomic mass is 19.4. The number of nitrogens with one attached hydrogen (secondary N) is 1. The van der Waals surface area contributed by atoms with Crippen molar-refractivity contribution >= 4 is 11.6 Å². The molecule has 29 heavy (non-hydrogen) atoms. The molecule has 0 radical (unpaired) electrons. The van der Waals surface area contributed by atoms with E-state index in [2.05, 4.69) is 5.32 Å². The molecule has 1 N–H and O–H groups in total. The Morgan fingerprint density at radius 3 is 2.28 bits per heavy atom. The Labute approximate surface area is 168 Å². The standard InChI is InChI=1S/C21H25F3N2O3/c1-5-28-16-10-7-11-17(29-13-12-26(3)4)18(16)20(27)25-15-9-6-8-14(2)19(15)21(22,23)24/h6-11H,5,12-13H2,1-4H3,(H,25,27). The number of carbonyl (C=O) groups excluding carboxylic acids is 1. The van der Waals surface area contributed by atoms with Crippen LogP contribution in [0.2, 0.25) is 0 Å². The van der Waals surface area contributed by atoms with E-state index in [1.807, 2.05) is 19.0 Å². The Morgan fingerprint density at radius 2 is 1.69 bits per heavy atom. The lowest BCUT2D eigenvalue weighted by atomic mass is 10.1. The molecule has 0 unspecified atom stereocenters. The van der Waals surface area contributed by atoms with Crippen molar-refractivity contribution in [3.8, 4) is 11.5 Å². The number of alkyl halides is 3. The van der Waals surface area contributed by atoms with Gasteiger partial charge in [-0.2, -0.15) is 13.2 Å². The van der Waals surface area contributed by atoms with Gasteiger partial charge in [0.2, 0.25) is 0 Å². The zero-order valence-electron chi connectivity index (χ0n) is 16.9. The van der Waals surface area contributed by atoms with Gasteiger partial charge in [-0.1, -0.05) is 18.2 Å². The van der Waals surface area contributed by atoms with E-state index in [9.17, 15) is 18.0 Å². The Kier molecular flexibility index (Phi) is 7.50. The molecular weight excluding hydrogens is 385 g/mol. The lowest BCUT2D eigenvalue weighted by Crippen LogP contribution is -2.22. The third-order valence-corrected chi connectivity index (χ3v) is 4.12. The molecule has 0 aromatic heterocycles. The number of likely N-dealkylation sites (N-methyl/N-ethyl adjacent to an activating group) is 1. The van der Waals surface area contributed by atoms with Gasteiger partial charge in [-0.3, -0.25) is 4.79 Å². The van der Waals surface area contributed by atoms with Gasteiger partial charge in [-0.15, -0.1) is 0 Å². The second kappa shape index (κ2) is 9.65. The van der Waals surface area contributed by atoms with Crippen LogP contribution in [0.25, 0.3) is 0 Å². The minimum atomic E-state index is -4.60. The number of carbonyl (C=O) groups is 1. The summed E-state index contributed by atoms with van der Waals surface area (Å²) in [4.78, 5) is 14.9. The number of hydrogen-bond acceptors (Lipinski definition) is 4. The molecule has 0 bridgehead atoms. The molecule has 0 fully saturated rings. The summed E-state index contributed by atoms with van der Waals surface area (Å²) in [5.74, 6) is -0.241. The van der Waals surface area contributed by atoms with Gasteiger partial charge in [0.1, 0.15) is 23.7 Å². The Balaban J connectivity index is 2.41. The molecule has 158 valence electrons. The van der Waals surface area contributed by atoms with Crippen molar-refractivity contribution in [3.63, 3.8) is 0 Å². The van der Waals surface area contributed by atoms with Crippen molar-refractivity contribution in [2.75, 3.05) is 39.2 Å². The van der Waals surface area contributed by atoms with Crippen LogP contribution in [-0.4, -0.2) is 44.7 Å². The highest BCUT2D eigenvalue weighted by molar-refractivity contribution is 6.08. The van der Waals surface area contributed by atoms with E-state index < -0.39 is 17.6 Å². The van der Waals surface area contributed by atoms with Crippen molar-refractivity contribution in [1.29, 1.82) is 0 Å². The molecule has 0 saturated heterocycles. The monoisotopic (exact) mass is 410 g/mol. The molecule has 0 heterocycles. The fraction of sp³-hybridized carbons (Fsp3) is 0.381. The maximum absolute atomic E-state index is 13.5. The van der Waals surface area contributed by atoms with E-state index in [1.54, 1.807) is 25.1 Å². The average Bonchev–Trinajstić information content (AvgIpc) is 2.60. The van der Waals surface area contributed by atoms with Crippen LogP contribution in [0.1, 0.15) is 28.4 Å². The van der Waals surface area contributed by atoms with Gasteiger partial charge in [0.25, 0.3) is 5.91 Å². The fourth-order valence-electron chi connectivity index (χ4n) is 2.80. The first-order valence-electron chi connectivity index (χ1n) is 9.16. The molecule has 0 aliphatic rings. The fourth-order valence-corrected chi connectivity index (χ4v) is 2.80. The summed E-state index contributed by atoms with van der Waals surface area (Å²) in [7, 11) is 3.76. The average molecular weight is 410 g/mol. The predicted octanol–water partition coefficient (Wildman–Crippen LogP) is 4.61. The molecule has 2 aromatic rings. The van der Waals surface area contributed by atoms with Crippen molar-refractivity contribution in [1.82, 2.24) is 4.90 Å². The van der Waals surface area contributed by atoms with Gasteiger partial charge < -0.3 is 19.7 Å². The van der Waals surface area contributed by atoms with Gasteiger partial charge in [-0.25, -0.2) is 0 Å². The zero-order valence-corrected chi connectivity index (χ0v) is 16.9. The third-order valence-electron chi connectivity index (χ3n) is 4.12. The summed E-state index contributed by atoms with van der Waals surface area (Å²) in [5.41, 5.74) is -1.11. The summed E-state index contributed by atoms with van der Waals surface area (Å²) < 4.78 is 51.7. The molecule has 0 atom stereocenters. The largest absolute Gasteiger partial charge is 0.493 e. The molecule has 0 aliphatic carbocycles. The first kappa shape index (κ1) is 22.5. The first-order valence-corrected chi connectivity index (χ1v) is 9.16. The van der Waals surface area contributed by atoms with Crippen molar-refractivity contribution in [2.24, 2.45) is 0 Å². The highest BCUT2D eigenvalue weighted by Gasteiger charge is 2.36. The molecule has 2 aromatic carbocycles. The molecule has 0 spiro atoms. The number of halogens is 3. The van der Waals surface area contributed by atoms with Crippen LogP contribution in [0.3, 0.4) is 0 Å². The maximum atomic E-state index is 13.5. The number of amides is 1. The van der Waals surface area contributed by atoms with Crippen LogP contribution in [0, 0.1) is 6.92 Å². The summed E-state index contributed by atoms with van der Waals surface area (Å²) in [6.07, 6.45) is -4.60. The molecule has 0 aliphatic heterocycles. The molecule has 5 nitrogen and oxygen atoms in total. The molecule has 1 amide bonds. The van der Waals surface area contributed by atoms with Crippen LogP contribution in [0.15, 0.2) is 36.4 Å². The van der Waals surface area contributed by atoms with Crippen molar-refractivity contribution in [2.45, 2.75) is 20.0 Å². The number of rotatable bonds is 8. The number of hydrogen-bond donors (Lipinski definition) is 1. The molecule has 8 heteroatoms. The smallest absolute Gasteiger partial charge is 0.418 e. The Bertz CT molecular complexity index is 852. The second-order valence-electron chi connectivity index (χ2n) is 6.66. The van der Waals surface area contributed by atoms with E-state index in [1.165, 1.54) is 25.1 Å². The van der Waals surface area contributed by atoms with Gasteiger partial charge in [-0.05, 0) is 51.7 Å². The number of benzene rings is 2. The van der Waals surface area contributed by atoms with E-state index in [-0.39, 0.29) is 28.3 Å². The number of aryl methyl sites for hydroxylation is 1. The summed E-state index contributed by atoms with van der Waals surface area (Å²) in [5, 5.41) is 2.38. The molecule has 2 rings (SSSR count).